The summed E-state index contributed by atoms with van der Waals surface area (Å²) < 4.78 is 0. The van der Waals surface area contributed by atoms with Crippen LogP contribution in [0.25, 0.3) is 10.9 Å². The molecule has 1 heterocycles. The van der Waals surface area contributed by atoms with E-state index in [2.05, 4.69) is 15.3 Å². The summed E-state index contributed by atoms with van der Waals surface area (Å²) in [6.07, 6.45) is 1.36. The first-order chi connectivity index (χ1) is 8.61. The van der Waals surface area contributed by atoms with E-state index < -0.39 is 18.6 Å². The number of aryl methyl sites for hydroxylation is 1. The average Bonchev–Trinajstić information content (AvgIpc) is 2.35. The Bertz CT molecular complexity index is 586. The number of hydrogen-bond donors (Lipinski definition) is 3. The van der Waals surface area contributed by atoms with Gasteiger partial charge in [-0.15, -0.1) is 0 Å². The summed E-state index contributed by atoms with van der Waals surface area (Å²) in [7, 11) is 0. The molecule has 2 aromatic rings. The van der Waals surface area contributed by atoms with E-state index in [0.717, 1.165) is 16.5 Å². The smallest absolute Gasteiger partial charge is 0.328 e. The number of anilines is 1. The predicted octanol–water partition coefficient (Wildman–Crippen LogP) is 0.796. The molecule has 1 aromatic carbocycles. The van der Waals surface area contributed by atoms with Gasteiger partial charge in [-0.3, -0.25) is 0 Å². The monoisotopic (exact) mass is 247 g/mol. The van der Waals surface area contributed by atoms with Crippen LogP contribution in [0.1, 0.15) is 5.56 Å². The van der Waals surface area contributed by atoms with Gasteiger partial charge >= 0.3 is 5.97 Å². The zero-order valence-electron chi connectivity index (χ0n) is 9.79. The predicted molar refractivity (Wildman–Crippen MR) is 66.4 cm³/mol. The van der Waals surface area contributed by atoms with Gasteiger partial charge in [0.1, 0.15) is 18.2 Å². The molecule has 6 nitrogen and oxygen atoms in total. The number of fused-ring (bicyclic) bond motifs is 1. The molecule has 0 bridgehead atoms. The molecule has 3 N–H and O–H groups in total. The van der Waals surface area contributed by atoms with Crippen LogP contribution < -0.4 is 5.32 Å². The fourth-order valence-corrected chi connectivity index (χ4v) is 1.64. The largest absolute Gasteiger partial charge is 0.480 e. The molecule has 0 fully saturated rings. The number of carboxylic acid groups (broad SMARTS) is 1. The summed E-state index contributed by atoms with van der Waals surface area (Å²) in [5, 5.41) is 21.3. The standard InChI is InChI=1S/C12H13N3O3/c1-7-2-3-9-8(4-7)11(14-6-13-9)15-10(5-16)12(17)18/h2-4,6,10,16H,5H2,1H3,(H,17,18)(H,13,14,15). The number of rotatable bonds is 4. The van der Waals surface area contributed by atoms with Crippen molar-refractivity contribution in [1.82, 2.24) is 9.97 Å². The van der Waals surface area contributed by atoms with Crippen LogP contribution in [0.2, 0.25) is 0 Å². The summed E-state index contributed by atoms with van der Waals surface area (Å²) in [5.41, 5.74) is 1.75. The Kier molecular flexibility index (Phi) is 3.38. The van der Waals surface area contributed by atoms with Crippen LogP contribution in [0.4, 0.5) is 5.82 Å². The molecule has 0 amide bonds. The Labute approximate surface area is 103 Å². The topological polar surface area (TPSA) is 95.3 Å². The number of carboxylic acids is 1. The van der Waals surface area contributed by atoms with E-state index in [9.17, 15) is 4.79 Å². The van der Waals surface area contributed by atoms with Crippen molar-refractivity contribution >= 4 is 22.7 Å². The lowest BCUT2D eigenvalue weighted by atomic mass is 10.1. The summed E-state index contributed by atoms with van der Waals surface area (Å²) in [4.78, 5) is 19.0. The molecule has 0 aliphatic carbocycles. The van der Waals surface area contributed by atoms with E-state index in [0.29, 0.717) is 5.82 Å². The highest BCUT2D eigenvalue weighted by Crippen LogP contribution is 2.20. The first kappa shape index (κ1) is 12.3. The second kappa shape index (κ2) is 4.97. The second-order valence-electron chi connectivity index (χ2n) is 3.96. The maximum atomic E-state index is 10.9. The fourth-order valence-electron chi connectivity index (χ4n) is 1.64. The van der Waals surface area contributed by atoms with Crippen LogP contribution in [-0.4, -0.2) is 38.8 Å². The van der Waals surface area contributed by atoms with E-state index >= 15 is 0 Å². The third kappa shape index (κ3) is 2.38. The Morgan fingerprint density at radius 3 is 2.89 bits per heavy atom. The lowest BCUT2D eigenvalue weighted by molar-refractivity contribution is -0.138. The van der Waals surface area contributed by atoms with Crippen molar-refractivity contribution in [1.29, 1.82) is 0 Å². The van der Waals surface area contributed by atoms with E-state index in [1.165, 1.54) is 6.33 Å². The van der Waals surface area contributed by atoms with Gasteiger partial charge in [0.25, 0.3) is 0 Å². The maximum Gasteiger partial charge on any atom is 0.328 e. The van der Waals surface area contributed by atoms with Gasteiger partial charge in [-0.1, -0.05) is 11.6 Å². The highest BCUT2D eigenvalue weighted by atomic mass is 16.4. The molecule has 0 spiro atoms. The van der Waals surface area contributed by atoms with Crippen LogP contribution in [0.15, 0.2) is 24.5 Å². The second-order valence-corrected chi connectivity index (χ2v) is 3.96. The van der Waals surface area contributed by atoms with Gasteiger partial charge in [0.15, 0.2) is 0 Å². The minimum atomic E-state index is -1.13. The normalized spacial score (nSPS) is 12.3. The number of aliphatic hydroxyl groups is 1. The van der Waals surface area contributed by atoms with Gasteiger partial charge in [0, 0.05) is 5.39 Å². The van der Waals surface area contributed by atoms with E-state index in [-0.39, 0.29) is 0 Å². The van der Waals surface area contributed by atoms with Gasteiger partial charge in [0.05, 0.1) is 12.1 Å². The minimum Gasteiger partial charge on any atom is -0.480 e. The average molecular weight is 247 g/mol. The van der Waals surface area contributed by atoms with Crippen molar-refractivity contribution in [2.24, 2.45) is 0 Å². The minimum absolute atomic E-state index is 0.408. The quantitative estimate of drug-likeness (QED) is 0.739. The van der Waals surface area contributed by atoms with Crippen molar-refractivity contribution in [2.75, 3.05) is 11.9 Å². The molecule has 0 saturated heterocycles. The molecule has 0 aliphatic rings. The number of aliphatic hydroxyl groups excluding tert-OH is 1. The third-order valence-electron chi connectivity index (χ3n) is 2.58. The molecule has 2 rings (SSSR count). The lowest BCUT2D eigenvalue weighted by Gasteiger charge is -2.13. The number of nitrogens with zero attached hydrogens (tertiary/aromatic N) is 2. The Morgan fingerprint density at radius 1 is 1.44 bits per heavy atom. The Balaban J connectivity index is 2.44. The molecule has 0 radical (unpaired) electrons. The van der Waals surface area contributed by atoms with Crippen molar-refractivity contribution in [3.8, 4) is 0 Å². The van der Waals surface area contributed by atoms with Crippen molar-refractivity contribution in [3.63, 3.8) is 0 Å². The number of carbonyl (C=O) groups is 1. The van der Waals surface area contributed by atoms with Gasteiger partial charge in [-0.2, -0.15) is 0 Å². The molecule has 94 valence electrons. The lowest BCUT2D eigenvalue weighted by Crippen LogP contribution is -2.33. The van der Waals surface area contributed by atoms with Crippen molar-refractivity contribution in [3.05, 3.63) is 30.1 Å². The zero-order chi connectivity index (χ0) is 13.1. The molecule has 6 heteroatoms. The fraction of sp³-hybridized carbons (Fsp3) is 0.250. The summed E-state index contributed by atoms with van der Waals surface area (Å²) in [5.74, 6) is -0.720. The van der Waals surface area contributed by atoms with E-state index in [1.54, 1.807) is 0 Å². The number of aliphatic carboxylic acids is 1. The van der Waals surface area contributed by atoms with Crippen LogP contribution in [0.5, 0.6) is 0 Å². The molecule has 1 aromatic heterocycles. The van der Waals surface area contributed by atoms with E-state index in [1.807, 2.05) is 25.1 Å². The van der Waals surface area contributed by atoms with Gasteiger partial charge in [0.2, 0.25) is 0 Å². The molecule has 1 atom stereocenters. The third-order valence-corrected chi connectivity index (χ3v) is 2.58. The molecular weight excluding hydrogens is 234 g/mol. The molecule has 18 heavy (non-hydrogen) atoms. The molecule has 0 saturated carbocycles. The SMILES string of the molecule is Cc1ccc2ncnc(NC(CO)C(=O)O)c2c1. The molecule has 1 unspecified atom stereocenters. The maximum absolute atomic E-state index is 10.9. The highest BCUT2D eigenvalue weighted by Gasteiger charge is 2.17. The summed E-state index contributed by atoms with van der Waals surface area (Å²) in [6.45, 7) is 1.42. The van der Waals surface area contributed by atoms with E-state index in [4.69, 9.17) is 10.2 Å². The molecule has 0 aliphatic heterocycles. The van der Waals surface area contributed by atoms with Gasteiger partial charge in [-0.25, -0.2) is 14.8 Å². The van der Waals surface area contributed by atoms with Crippen molar-refractivity contribution < 1.29 is 15.0 Å². The zero-order valence-corrected chi connectivity index (χ0v) is 9.79. The van der Waals surface area contributed by atoms with Crippen LogP contribution in [0.3, 0.4) is 0 Å². The summed E-state index contributed by atoms with van der Waals surface area (Å²) in [6, 6.07) is 4.55. The molecular formula is C12H13N3O3. The first-order valence-electron chi connectivity index (χ1n) is 5.43. The summed E-state index contributed by atoms with van der Waals surface area (Å²) >= 11 is 0. The van der Waals surface area contributed by atoms with Crippen molar-refractivity contribution in [2.45, 2.75) is 13.0 Å². The van der Waals surface area contributed by atoms with Crippen LogP contribution >= 0.6 is 0 Å². The van der Waals surface area contributed by atoms with Gasteiger partial charge < -0.3 is 15.5 Å². The Morgan fingerprint density at radius 2 is 2.22 bits per heavy atom. The highest BCUT2D eigenvalue weighted by molar-refractivity contribution is 5.91. The van der Waals surface area contributed by atoms with Crippen LogP contribution in [0, 0.1) is 6.92 Å². The van der Waals surface area contributed by atoms with Crippen LogP contribution in [-0.2, 0) is 4.79 Å². The number of aromatic nitrogens is 2. The first-order valence-corrected chi connectivity index (χ1v) is 5.43. The van der Waals surface area contributed by atoms with Gasteiger partial charge in [-0.05, 0) is 19.1 Å². The number of benzene rings is 1. The number of nitrogens with one attached hydrogen (secondary N) is 1. The number of hydrogen-bond acceptors (Lipinski definition) is 5. The Hall–Kier alpha value is -2.21.